The summed E-state index contributed by atoms with van der Waals surface area (Å²) in [5.74, 6) is 1.12. The second-order valence-electron chi connectivity index (χ2n) is 6.33. The number of nitrogens with zero attached hydrogens (tertiary/aromatic N) is 3. The fourth-order valence-corrected chi connectivity index (χ4v) is 2.86. The second-order valence-corrected chi connectivity index (χ2v) is 6.33. The van der Waals surface area contributed by atoms with E-state index in [-0.39, 0.29) is 5.91 Å². The van der Waals surface area contributed by atoms with E-state index in [0.717, 1.165) is 18.6 Å². The largest absolute Gasteiger partial charge is 0.387 e. The van der Waals surface area contributed by atoms with Crippen LogP contribution in [0.2, 0.25) is 0 Å². The molecule has 0 spiro atoms. The second kappa shape index (κ2) is 4.86. The highest BCUT2D eigenvalue weighted by Gasteiger charge is 2.39. The van der Waals surface area contributed by atoms with Gasteiger partial charge in [-0.3, -0.25) is 4.79 Å². The third-order valence-electron chi connectivity index (χ3n) is 3.96. The van der Waals surface area contributed by atoms with Gasteiger partial charge in [0.05, 0.1) is 12.1 Å². The van der Waals surface area contributed by atoms with Gasteiger partial charge in [-0.15, -0.1) is 0 Å². The van der Waals surface area contributed by atoms with E-state index in [1.165, 1.54) is 0 Å². The molecule has 1 N–H and O–H groups in total. The van der Waals surface area contributed by atoms with Crippen LogP contribution in [0.3, 0.4) is 0 Å². The van der Waals surface area contributed by atoms with Gasteiger partial charge in [0.25, 0.3) is 5.91 Å². The lowest BCUT2D eigenvalue weighted by molar-refractivity contribution is 0.0234. The summed E-state index contributed by atoms with van der Waals surface area (Å²) < 4.78 is 5.22. The summed E-state index contributed by atoms with van der Waals surface area (Å²) in [6, 6.07) is 1.75. The average Bonchev–Trinajstić information content (AvgIpc) is 2.97. The van der Waals surface area contributed by atoms with Gasteiger partial charge < -0.3 is 19.4 Å². The minimum atomic E-state index is -0.817. The molecular formula is C14H21N3O3. The summed E-state index contributed by atoms with van der Waals surface area (Å²) in [4.78, 5) is 16.0. The third kappa shape index (κ3) is 2.71. The van der Waals surface area contributed by atoms with Gasteiger partial charge in [-0.1, -0.05) is 5.16 Å². The molecule has 1 aliphatic carbocycles. The molecule has 110 valence electrons. The van der Waals surface area contributed by atoms with Gasteiger partial charge in [0.1, 0.15) is 5.76 Å². The summed E-state index contributed by atoms with van der Waals surface area (Å²) in [5.41, 5.74) is -0.455. The molecule has 2 fully saturated rings. The topological polar surface area (TPSA) is 69.8 Å². The highest BCUT2D eigenvalue weighted by Crippen LogP contribution is 2.40. The Morgan fingerprint density at radius 3 is 3.00 bits per heavy atom. The molecule has 6 heteroatoms. The Hall–Kier alpha value is -1.40. The lowest BCUT2D eigenvalue weighted by Crippen LogP contribution is -2.43. The van der Waals surface area contributed by atoms with Gasteiger partial charge >= 0.3 is 0 Å². The first-order chi connectivity index (χ1) is 9.47. The van der Waals surface area contributed by atoms with Crippen molar-refractivity contribution in [3.05, 3.63) is 17.5 Å². The number of hydrogen-bond donors (Lipinski definition) is 1. The van der Waals surface area contributed by atoms with Gasteiger partial charge in [-0.05, 0) is 33.4 Å². The molecular weight excluding hydrogens is 258 g/mol. The molecule has 3 rings (SSSR count). The van der Waals surface area contributed by atoms with Crippen molar-refractivity contribution >= 4 is 5.91 Å². The van der Waals surface area contributed by atoms with Crippen LogP contribution >= 0.6 is 0 Å². The van der Waals surface area contributed by atoms with Crippen LogP contribution in [0.1, 0.15) is 41.4 Å². The number of carbonyl (C=O) groups is 1. The minimum absolute atomic E-state index is 0.143. The predicted octanol–water partition coefficient (Wildman–Crippen LogP) is 0.691. The molecule has 2 aliphatic rings. The number of carbonyl (C=O) groups excluding carboxylic acids is 1. The number of likely N-dealkylation sites (N-methyl/N-ethyl adjacent to an activating group) is 1. The Kier molecular flexibility index (Phi) is 3.30. The van der Waals surface area contributed by atoms with E-state index in [2.05, 4.69) is 5.16 Å². The fraction of sp³-hybridized carbons (Fsp3) is 0.714. The monoisotopic (exact) mass is 279 g/mol. The molecule has 1 atom stereocenters. The number of aromatic nitrogens is 1. The maximum atomic E-state index is 12.4. The van der Waals surface area contributed by atoms with Crippen LogP contribution in [0.4, 0.5) is 0 Å². The quantitative estimate of drug-likeness (QED) is 0.878. The molecule has 6 nitrogen and oxygen atoms in total. The van der Waals surface area contributed by atoms with E-state index < -0.39 is 5.60 Å². The average molecular weight is 279 g/mol. The number of likely N-dealkylation sites (tertiary alicyclic amines) is 1. The molecule has 1 aromatic rings. The first-order valence-corrected chi connectivity index (χ1v) is 7.10. The number of rotatable bonds is 4. The van der Waals surface area contributed by atoms with Crippen molar-refractivity contribution in [3.8, 4) is 0 Å². The number of hydrogen-bond acceptors (Lipinski definition) is 5. The first-order valence-electron chi connectivity index (χ1n) is 7.10. The molecule has 1 saturated heterocycles. The van der Waals surface area contributed by atoms with Crippen molar-refractivity contribution in [1.82, 2.24) is 15.0 Å². The van der Waals surface area contributed by atoms with E-state index in [9.17, 15) is 9.90 Å². The minimum Gasteiger partial charge on any atom is -0.387 e. The lowest BCUT2D eigenvalue weighted by atomic mass is 10.0. The zero-order valence-electron chi connectivity index (χ0n) is 12.0. The Balaban J connectivity index is 1.65. The molecule has 20 heavy (non-hydrogen) atoms. The van der Waals surface area contributed by atoms with Crippen LogP contribution in [0.15, 0.2) is 10.6 Å². The molecule has 1 saturated carbocycles. The van der Waals surface area contributed by atoms with Crippen molar-refractivity contribution in [2.24, 2.45) is 0 Å². The van der Waals surface area contributed by atoms with Crippen molar-refractivity contribution in [1.29, 1.82) is 0 Å². The summed E-state index contributed by atoms with van der Waals surface area (Å²) in [6.45, 7) is 1.48. The van der Waals surface area contributed by atoms with Crippen LogP contribution in [0.25, 0.3) is 0 Å². The van der Waals surface area contributed by atoms with Gasteiger partial charge in [0.15, 0.2) is 5.69 Å². The molecule has 0 aromatic carbocycles. The molecule has 0 radical (unpaired) electrons. The standard InChI is InChI=1S/C14H21N3O3/c1-16(2)8-14(19)5-6-17(9-14)13(18)11-7-12(20-15-11)10-3-4-10/h7,10,19H,3-6,8-9H2,1-2H3/t14-/m1/s1. The Bertz CT molecular complexity index is 510. The molecule has 1 amide bonds. The van der Waals surface area contributed by atoms with Crippen LogP contribution in [0, 0.1) is 0 Å². The third-order valence-corrected chi connectivity index (χ3v) is 3.96. The summed E-state index contributed by atoms with van der Waals surface area (Å²) in [6.07, 6.45) is 2.84. The van der Waals surface area contributed by atoms with Gasteiger partial charge in [-0.25, -0.2) is 0 Å². The van der Waals surface area contributed by atoms with Crippen LogP contribution < -0.4 is 0 Å². The molecule has 2 heterocycles. The summed E-state index contributed by atoms with van der Waals surface area (Å²) in [7, 11) is 3.84. The van der Waals surface area contributed by atoms with E-state index in [1.54, 1.807) is 11.0 Å². The Morgan fingerprint density at radius 2 is 2.35 bits per heavy atom. The van der Waals surface area contributed by atoms with E-state index in [1.807, 2.05) is 19.0 Å². The molecule has 0 bridgehead atoms. The normalized spacial score (nSPS) is 26.5. The van der Waals surface area contributed by atoms with Gasteiger partial charge in [-0.2, -0.15) is 0 Å². The SMILES string of the molecule is CN(C)C[C@]1(O)CCN(C(=O)c2cc(C3CC3)on2)C1. The number of aliphatic hydroxyl groups is 1. The van der Waals surface area contributed by atoms with Crippen molar-refractivity contribution in [3.63, 3.8) is 0 Å². The number of β-amino-alcohol motifs (C(OH)–C–C–N with tert-alkyl or cyclic N) is 1. The lowest BCUT2D eigenvalue weighted by Gasteiger charge is -2.26. The van der Waals surface area contributed by atoms with Crippen molar-refractivity contribution in [2.75, 3.05) is 33.7 Å². The van der Waals surface area contributed by atoms with Crippen molar-refractivity contribution < 1.29 is 14.4 Å². The van der Waals surface area contributed by atoms with Crippen molar-refractivity contribution in [2.45, 2.75) is 30.8 Å². The molecule has 1 aliphatic heterocycles. The molecule has 1 aromatic heterocycles. The maximum absolute atomic E-state index is 12.4. The van der Waals surface area contributed by atoms with E-state index >= 15 is 0 Å². The highest BCUT2D eigenvalue weighted by atomic mass is 16.5. The fourth-order valence-electron chi connectivity index (χ4n) is 2.86. The smallest absolute Gasteiger partial charge is 0.276 e. The van der Waals surface area contributed by atoms with Gasteiger partial charge in [0, 0.05) is 25.1 Å². The first kappa shape index (κ1) is 13.6. The zero-order chi connectivity index (χ0) is 14.3. The summed E-state index contributed by atoms with van der Waals surface area (Å²) >= 11 is 0. The zero-order valence-corrected chi connectivity index (χ0v) is 12.0. The van der Waals surface area contributed by atoms with Crippen LogP contribution in [0.5, 0.6) is 0 Å². The van der Waals surface area contributed by atoms with Crippen LogP contribution in [-0.4, -0.2) is 65.3 Å². The predicted molar refractivity (Wildman–Crippen MR) is 72.5 cm³/mol. The summed E-state index contributed by atoms with van der Waals surface area (Å²) in [5, 5.41) is 14.3. The van der Waals surface area contributed by atoms with E-state index in [4.69, 9.17) is 4.52 Å². The highest BCUT2D eigenvalue weighted by molar-refractivity contribution is 5.92. The van der Waals surface area contributed by atoms with Crippen LogP contribution in [-0.2, 0) is 0 Å². The maximum Gasteiger partial charge on any atom is 0.276 e. The Labute approximate surface area is 118 Å². The molecule has 0 unspecified atom stereocenters. The Morgan fingerprint density at radius 1 is 1.60 bits per heavy atom. The van der Waals surface area contributed by atoms with E-state index in [0.29, 0.717) is 37.7 Å². The van der Waals surface area contributed by atoms with Gasteiger partial charge in [0.2, 0.25) is 0 Å². The number of amides is 1.